The topological polar surface area (TPSA) is 187 Å². The second-order valence-corrected chi connectivity index (χ2v) is 16.4. The molecule has 10 atom stereocenters. The van der Waals surface area contributed by atoms with Crippen molar-refractivity contribution in [1.82, 2.24) is 21.2 Å². The van der Waals surface area contributed by atoms with Crippen LogP contribution in [0.1, 0.15) is 67.2 Å². The van der Waals surface area contributed by atoms with E-state index in [2.05, 4.69) is 34.2 Å². The predicted molar refractivity (Wildman–Crippen MR) is 200 cm³/mol. The third-order valence-corrected chi connectivity index (χ3v) is 11.8. The number of epoxide rings is 1. The Morgan fingerprint density at radius 2 is 1.91 bits per heavy atom. The lowest BCUT2D eigenvalue weighted by Gasteiger charge is -2.39. The van der Waals surface area contributed by atoms with Crippen molar-refractivity contribution in [2.45, 2.75) is 126 Å². The Morgan fingerprint density at radius 3 is 2.60 bits per heavy atom. The highest BCUT2D eigenvalue weighted by Crippen LogP contribution is 2.43. The van der Waals surface area contributed by atoms with Crippen molar-refractivity contribution in [3.8, 4) is 0 Å². The first-order chi connectivity index (χ1) is 25.2. The number of rotatable bonds is 15. The molecule has 0 saturated carbocycles. The molecule has 1 aromatic rings. The van der Waals surface area contributed by atoms with Gasteiger partial charge < -0.3 is 34.1 Å². The molecule has 1 aromatic heterocycles. The summed E-state index contributed by atoms with van der Waals surface area (Å²) in [6, 6.07) is 5.48. The number of ether oxygens (including phenoxy) is 5. The summed E-state index contributed by atoms with van der Waals surface area (Å²) >= 11 is 0. The van der Waals surface area contributed by atoms with Gasteiger partial charge in [-0.05, 0) is 75.5 Å². The van der Waals surface area contributed by atoms with E-state index in [0.29, 0.717) is 19.4 Å². The van der Waals surface area contributed by atoms with E-state index in [-0.39, 0.29) is 48.4 Å². The number of aliphatic hydroxyl groups excluding tert-OH is 1. The van der Waals surface area contributed by atoms with Crippen molar-refractivity contribution in [3.63, 3.8) is 0 Å². The van der Waals surface area contributed by atoms with E-state index in [1.165, 1.54) is 40.7 Å². The summed E-state index contributed by atoms with van der Waals surface area (Å²) in [4.78, 5) is 52.6. The minimum Gasteiger partial charge on any atom is -0.459 e. The molecule has 0 aromatic carbocycles. The molecule has 14 nitrogen and oxygen atoms in total. The zero-order chi connectivity index (χ0) is 38.5. The minimum atomic E-state index is -0.899. The number of pyridine rings is 1. The van der Waals surface area contributed by atoms with Crippen molar-refractivity contribution in [3.05, 3.63) is 60.3 Å². The average Bonchev–Trinajstić information content (AvgIpc) is 3.89. The molecule has 53 heavy (non-hydrogen) atoms. The van der Waals surface area contributed by atoms with Crippen LogP contribution in [0.15, 0.2) is 65.4 Å². The van der Waals surface area contributed by atoms with E-state index in [9.17, 15) is 24.3 Å². The largest absolute Gasteiger partial charge is 0.459 e. The molecule has 3 amide bonds. The number of esters is 1. The summed E-state index contributed by atoms with van der Waals surface area (Å²) in [6.07, 6.45) is 8.38. The van der Waals surface area contributed by atoms with Crippen LogP contribution in [0.4, 0.5) is 4.79 Å². The van der Waals surface area contributed by atoms with Crippen LogP contribution in [0.2, 0.25) is 0 Å². The monoisotopic (exact) mass is 776 g/mol. The number of aromatic nitrogens is 1. The molecule has 3 aliphatic heterocycles. The minimum absolute atomic E-state index is 0.00879. The van der Waals surface area contributed by atoms with Crippen LogP contribution < -0.4 is 16.2 Å². The SMILES string of the molecule is CC(=O)O[C@@H](C)/C=C\C(=O)N[C@@H]1C[C@H](C)[C@H](C/C=C(C)/C=C/[C@H]2O[C@H](CC(=O)NNC(=O)OC[C@@H](C)SSc3ccccn3)C[C@@]3(CO3)[C@@H]2O)O[C@@H]1C. The van der Waals surface area contributed by atoms with Crippen molar-refractivity contribution < 1.29 is 48.0 Å². The Bertz CT molecular complexity index is 1490. The number of hydrazine groups is 1. The Morgan fingerprint density at radius 1 is 1.13 bits per heavy atom. The second-order valence-electron chi connectivity index (χ2n) is 13.8. The van der Waals surface area contributed by atoms with E-state index < -0.39 is 48.0 Å². The van der Waals surface area contributed by atoms with Gasteiger partial charge in [-0.1, -0.05) is 47.6 Å². The molecule has 3 saturated heterocycles. The molecule has 0 unspecified atom stereocenters. The van der Waals surface area contributed by atoms with Crippen molar-refractivity contribution in [2.75, 3.05) is 13.2 Å². The Balaban J connectivity index is 1.18. The molecule has 4 rings (SSSR count). The lowest BCUT2D eigenvalue weighted by Crippen LogP contribution is -2.51. The smallest absolute Gasteiger partial charge is 0.426 e. The van der Waals surface area contributed by atoms with Gasteiger partial charge in [0.15, 0.2) is 0 Å². The fourth-order valence-corrected chi connectivity index (χ4v) is 7.93. The lowest BCUT2D eigenvalue weighted by molar-refractivity contribution is -0.146. The number of carbonyl (C=O) groups excluding carboxylic acids is 4. The van der Waals surface area contributed by atoms with E-state index in [4.69, 9.17) is 23.7 Å². The van der Waals surface area contributed by atoms with Gasteiger partial charge in [-0.15, -0.1) is 0 Å². The van der Waals surface area contributed by atoms with Gasteiger partial charge in [0.1, 0.15) is 35.5 Å². The van der Waals surface area contributed by atoms with E-state index >= 15 is 0 Å². The number of aliphatic hydroxyl groups is 1. The Labute approximate surface area is 319 Å². The summed E-state index contributed by atoms with van der Waals surface area (Å²) in [6.45, 7) is 11.4. The van der Waals surface area contributed by atoms with Crippen LogP contribution in [-0.4, -0.2) is 101 Å². The summed E-state index contributed by atoms with van der Waals surface area (Å²) in [5.41, 5.74) is 4.82. The van der Waals surface area contributed by atoms with Crippen molar-refractivity contribution in [1.29, 1.82) is 0 Å². The van der Waals surface area contributed by atoms with E-state index in [0.717, 1.165) is 17.0 Å². The number of carbonyl (C=O) groups is 4. The summed E-state index contributed by atoms with van der Waals surface area (Å²) in [7, 11) is 3.01. The zero-order valence-electron chi connectivity index (χ0n) is 31.0. The Kier molecular flexibility index (Phi) is 16.2. The van der Waals surface area contributed by atoms with Crippen LogP contribution in [0.5, 0.6) is 0 Å². The highest BCUT2D eigenvalue weighted by Gasteiger charge is 2.58. The van der Waals surface area contributed by atoms with Crippen molar-refractivity contribution in [2.24, 2.45) is 5.92 Å². The molecule has 0 bridgehead atoms. The van der Waals surface area contributed by atoms with Gasteiger partial charge in [0.05, 0.1) is 37.4 Å². The number of amides is 3. The summed E-state index contributed by atoms with van der Waals surface area (Å²) in [5.74, 6) is -0.966. The van der Waals surface area contributed by atoms with Crippen LogP contribution in [0.25, 0.3) is 0 Å². The lowest BCUT2D eigenvalue weighted by atomic mass is 9.87. The van der Waals surface area contributed by atoms with Crippen LogP contribution in [0.3, 0.4) is 0 Å². The highest BCUT2D eigenvalue weighted by molar-refractivity contribution is 8.76. The van der Waals surface area contributed by atoms with Gasteiger partial charge in [-0.2, -0.15) is 0 Å². The van der Waals surface area contributed by atoms with Gasteiger partial charge in [-0.3, -0.25) is 19.8 Å². The van der Waals surface area contributed by atoms with E-state index in [1.807, 2.05) is 45.0 Å². The maximum absolute atomic E-state index is 12.7. The maximum Gasteiger partial charge on any atom is 0.426 e. The first-order valence-electron chi connectivity index (χ1n) is 17.8. The first kappa shape index (κ1) is 42.3. The van der Waals surface area contributed by atoms with Gasteiger partial charge in [-0.25, -0.2) is 15.2 Å². The third-order valence-electron chi connectivity index (χ3n) is 9.03. The molecule has 292 valence electrons. The fourth-order valence-electron chi connectivity index (χ4n) is 6.05. The predicted octanol–water partition coefficient (Wildman–Crippen LogP) is 4.34. The second kappa shape index (κ2) is 20.3. The van der Waals surface area contributed by atoms with Gasteiger partial charge >= 0.3 is 12.1 Å². The first-order valence-corrected chi connectivity index (χ1v) is 20.0. The number of nitrogens with zero attached hydrogens (tertiary/aromatic N) is 1. The van der Waals surface area contributed by atoms with E-state index in [1.54, 1.807) is 19.2 Å². The molecular weight excluding hydrogens is 725 g/mol. The van der Waals surface area contributed by atoms with Gasteiger partial charge in [0.2, 0.25) is 11.8 Å². The zero-order valence-corrected chi connectivity index (χ0v) is 32.7. The molecular formula is C37H52N4O10S2. The molecule has 3 aliphatic rings. The highest BCUT2D eigenvalue weighted by atomic mass is 33.1. The fraction of sp³-hybridized carbons (Fsp3) is 0.595. The summed E-state index contributed by atoms with van der Waals surface area (Å²) < 4.78 is 28.3. The number of allylic oxidation sites excluding steroid dienone is 2. The molecule has 3 fully saturated rings. The van der Waals surface area contributed by atoms with Gasteiger partial charge in [0, 0.05) is 30.9 Å². The van der Waals surface area contributed by atoms with Crippen LogP contribution in [0, 0.1) is 5.92 Å². The van der Waals surface area contributed by atoms with Crippen molar-refractivity contribution >= 4 is 45.5 Å². The van der Waals surface area contributed by atoms with Gasteiger partial charge in [0.25, 0.3) is 0 Å². The van der Waals surface area contributed by atoms with Crippen LogP contribution in [-0.2, 0) is 38.1 Å². The molecule has 0 aliphatic carbocycles. The third kappa shape index (κ3) is 14.1. The number of hydrogen-bond donors (Lipinski definition) is 4. The molecule has 0 radical (unpaired) electrons. The molecule has 4 heterocycles. The molecule has 16 heteroatoms. The van der Waals surface area contributed by atoms with Crippen LogP contribution >= 0.6 is 21.6 Å². The molecule has 4 N–H and O–H groups in total. The standard InChI is InChI=1S/C37H52N4O10S2/c1-22(10-13-30-23(2)17-29(26(5)50-30)39-32(43)15-12-24(3)49-27(6)42)11-14-31-35(45)37(21-48-37)19-28(51-31)18-33(44)40-41-36(46)47-20-25(4)52-53-34-9-7-8-16-38-34/h7-12,14-16,23-26,28-31,35,45H,13,17-21H2,1-6H3,(H,39,43)(H,40,44)(H,41,46)/b14-11+,15-12-,22-10+/t23-,24-,25+,26+,28+,29+,30-,31+,35+,37+/m0/s1. The number of nitrogens with one attached hydrogen (secondary N) is 3. The number of hydrogen-bond acceptors (Lipinski definition) is 13. The summed E-state index contributed by atoms with van der Waals surface area (Å²) in [5, 5.41) is 14.9. The molecule has 1 spiro atoms. The maximum atomic E-state index is 12.7. The average molecular weight is 777 g/mol. The normalized spacial score (nSPS) is 29.7. The Hall–Kier alpha value is -3.41. The quantitative estimate of drug-likeness (QED) is 0.0493.